The summed E-state index contributed by atoms with van der Waals surface area (Å²) < 4.78 is 10.6. The molecule has 2 heterocycles. The third kappa shape index (κ3) is 9.11. The monoisotopic (exact) mass is 570 g/mol. The van der Waals surface area contributed by atoms with Gasteiger partial charge in [-0.15, -0.1) is 24.0 Å². The molecule has 2 aromatic rings. The van der Waals surface area contributed by atoms with Gasteiger partial charge in [0.2, 0.25) is 11.7 Å². The highest BCUT2D eigenvalue weighted by Gasteiger charge is 2.19. The number of rotatable bonds is 11. The molecule has 1 aliphatic rings. The molecule has 2 N–H and O–H groups in total. The Morgan fingerprint density at radius 3 is 2.61 bits per heavy atom. The number of aromatic nitrogens is 2. The fourth-order valence-corrected chi connectivity index (χ4v) is 4.00. The fraction of sp³-hybridized carbons (Fsp3) is 0.625. The minimum atomic E-state index is 0. The van der Waals surface area contributed by atoms with Crippen molar-refractivity contribution in [1.82, 2.24) is 25.7 Å². The number of methoxy groups -OCH3 is 1. The van der Waals surface area contributed by atoms with Gasteiger partial charge in [0, 0.05) is 44.7 Å². The highest BCUT2D eigenvalue weighted by atomic mass is 127. The van der Waals surface area contributed by atoms with Crippen molar-refractivity contribution >= 4 is 29.9 Å². The summed E-state index contributed by atoms with van der Waals surface area (Å²) >= 11 is 0. The molecule has 1 saturated heterocycles. The van der Waals surface area contributed by atoms with Gasteiger partial charge in [-0.25, -0.2) is 0 Å². The number of hydrogen-bond acceptors (Lipinski definition) is 6. The molecule has 33 heavy (non-hydrogen) atoms. The lowest BCUT2D eigenvalue weighted by molar-refractivity contribution is 0.206. The molecule has 0 atom stereocenters. The lowest BCUT2D eigenvalue weighted by Crippen LogP contribution is -2.48. The summed E-state index contributed by atoms with van der Waals surface area (Å²) in [4.78, 5) is 11.4. The van der Waals surface area contributed by atoms with Gasteiger partial charge in [0.15, 0.2) is 5.96 Å². The van der Waals surface area contributed by atoms with Crippen molar-refractivity contribution in [2.24, 2.45) is 4.99 Å². The molecule has 1 aromatic heterocycles. The Morgan fingerprint density at radius 1 is 1.18 bits per heavy atom. The summed E-state index contributed by atoms with van der Waals surface area (Å²) in [5.74, 6) is 3.05. The van der Waals surface area contributed by atoms with Crippen LogP contribution in [0.15, 0.2) is 33.8 Å². The van der Waals surface area contributed by atoms with E-state index < -0.39 is 0 Å². The number of ether oxygens (including phenoxy) is 1. The topological polar surface area (TPSA) is 87.8 Å². The summed E-state index contributed by atoms with van der Waals surface area (Å²) in [6.07, 6.45) is 7.60. The molecule has 1 fully saturated rings. The molecule has 0 radical (unpaired) electrons. The van der Waals surface area contributed by atoms with E-state index in [-0.39, 0.29) is 24.0 Å². The average Bonchev–Trinajstić information content (AvgIpc) is 3.31. The van der Waals surface area contributed by atoms with E-state index in [4.69, 9.17) is 9.26 Å². The zero-order valence-corrected chi connectivity index (χ0v) is 22.5. The second kappa shape index (κ2) is 15.1. The van der Waals surface area contributed by atoms with Gasteiger partial charge in [-0.3, -0.25) is 4.99 Å². The van der Waals surface area contributed by atoms with Crippen LogP contribution in [0.3, 0.4) is 0 Å². The number of halogens is 1. The number of aliphatic imine (C=N–C) groups is 1. The van der Waals surface area contributed by atoms with Crippen molar-refractivity contribution < 1.29 is 9.26 Å². The normalized spacial score (nSPS) is 15.2. The first-order valence-electron chi connectivity index (χ1n) is 11.9. The van der Waals surface area contributed by atoms with Crippen LogP contribution in [0.25, 0.3) is 11.4 Å². The van der Waals surface area contributed by atoms with Crippen LogP contribution in [0.4, 0.5) is 0 Å². The number of likely N-dealkylation sites (tertiary alicyclic amines) is 1. The van der Waals surface area contributed by atoms with Crippen molar-refractivity contribution in [3.05, 3.63) is 30.2 Å². The van der Waals surface area contributed by atoms with Crippen LogP contribution in [0.5, 0.6) is 5.75 Å². The van der Waals surface area contributed by atoms with E-state index in [2.05, 4.69) is 37.6 Å². The molecule has 0 aliphatic carbocycles. The molecule has 0 unspecified atom stereocenters. The first-order valence-corrected chi connectivity index (χ1v) is 11.9. The van der Waals surface area contributed by atoms with E-state index in [1.165, 1.54) is 38.9 Å². The maximum absolute atomic E-state index is 5.40. The van der Waals surface area contributed by atoms with Crippen LogP contribution in [0.2, 0.25) is 0 Å². The van der Waals surface area contributed by atoms with E-state index in [1.54, 1.807) is 7.11 Å². The van der Waals surface area contributed by atoms with Gasteiger partial charge in [0.25, 0.3) is 0 Å². The standard InChI is InChI=1S/C24H38N6O2.HI/c1-4-16-30-17-13-20(14-18-30)27-24(25-2)26-15-7-5-6-8-22-28-23(29-32-22)19-9-11-21(31-3)12-10-19;/h9-12,20H,4-8,13-18H2,1-3H3,(H2,25,26,27);1H. The van der Waals surface area contributed by atoms with Gasteiger partial charge < -0.3 is 24.8 Å². The molecule has 184 valence electrons. The second-order valence-electron chi connectivity index (χ2n) is 8.31. The van der Waals surface area contributed by atoms with Crippen LogP contribution < -0.4 is 15.4 Å². The SMILES string of the molecule is CCCN1CCC(NC(=NC)NCCCCCc2nc(-c3ccc(OC)cc3)no2)CC1.I. The quantitative estimate of drug-likeness (QED) is 0.182. The number of benzene rings is 1. The molecule has 0 spiro atoms. The minimum absolute atomic E-state index is 0. The molecule has 0 bridgehead atoms. The van der Waals surface area contributed by atoms with Crippen molar-refractivity contribution in [3.8, 4) is 17.1 Å². The Labute approximate surface area is 215 Å². The minimum Gasteiger partial charge on any atom is -0.497 e. The van der Waals surface area contributed by atoms with Gasteiger partial charge in [0.1, 0.15) is 5.75 Å². The van der Waals surface area contributed by atoms with E-state index in [9.17, 15) is 0 Å². The number of aryl methyl sites for hydroxylation is 1. The third-order valence-corrected chi connectivity index (χ3v) is 5.87. The van der Waals surface area contributed by atoms with Gasteiger partial charge >= 0.3 is 0 Å². The predicted octanol–water partition coefficient (Wildman–Crippen LogP) is 4.12. The van der Waals surface area contributed by atoms with Crippen molar-refractivity contribution in [2.75, 3.05) is 40.3 Å². The Kier molecular flexibility index (Phi) is 12.5. The second-order valence-corrected chi connectivity index (χ2v) is 8.31. The first kappa shape index (κ1) is 27.4. The van der Waals surface area contributed by atoms with E-state index in [1.807, 2.05) is 31.3 Å². The number of piperidine rings is 1. The first-order chi connectivity index (χ1) is 15.7. The smallest absolute Gasteiger partial charge is 0.226 e. The van der Waals surface area contributed by atoms with Gasteiger partial charge in [-0.1, -0.05) is 18.5 Å². The van der Waals surface area contributed by atoms with Crippen LogP contribution in [0, 0.1) is 0 Å². The van der Waals surface area contributed by atoms with E-state index in [0.717, 1.165) is 49.5 Å². The summed E-state index contributed by atoms with van der Waals surface area (Å²) in [6, 6.07) is 8.20. The van der Waals surface area contributed by atoms with Crippen molar-refractivity contribution in [1.29, 1.82) is 0 Å². The lowest BCUT2D eigenvalue weighted by atomic mass is 10.1. The molecule has 1 aromatic carbocycles. The number of hydrogen-bond donors (Lipinski definition) is 2. The number of nitrogens with one attached hydrogen (secondary N) is 2. The maximum atomic E-state index is 5.40. The number of nitrogens with zero attached hydrogens (tertiary/aromatic N) is 4. The highest BCUT2D eigenvalue weighted by Crippen LogP contribution is 2.20. The van der Waals surface area contributed by atoms with Crippen LogP contribution in [-0.4, -0.2) is 67.4 Å². The molecular formula is C24H39IN6O2. The van der Waals surface area contributed by atoms with Gasteiger partial charge in [-0.2, -0.15) is 4.98 Å². The van der Waals surface area contributed by atoms with E-state index in [0.29, 0.717) is 17.8 Å². The Balaban J connectivity index is 0.00000385. The molecule has 0 saturated carbocycles. The van der Waals surface area contributed by atoms with Crippen molar-refractivity contribution in [3.63, 3.8) is 0 Å². The summed E-state index contributed by atoms with van der Waals surface area (Å²) in [5, 5.41) is 11.1. The summed E-state index contributed by atoms with van der Waals surface area (Å²) in [6.45, 7) is 6.73. The summed E-state index contributed by atoms with van der Waals surface area (Å²) in [5.41, 5.74) is 0.930. The Morgan fingerprint density at radius 2 is 1.94 bits per heavy atom. The molecule has 8 nitrogen and oxygen atoms in total. The van der Waals surface area contributed by atoms with Gasteiger partial charge in [0.05, 0.1) is 7.11 Å². The molecule has 0 amide bonds. The third-order valence-electron chi connectivity index (χ3n) is 5.87. The van der Waals surface area contributed by atoms with Crippen LogP contribution in [0.1, 0.15) is 51.3 Å². The van der Waals surface area contributed by atoms with Gasteiger partial charge in [-0.05, 0) is 62.9 Å². The Hall–Kier alpha value is -1.88. The maximum Gasteiger partial charge on any atom is 0.226 e. The highest BCUT2D eigenvalue weighted by molar-refractivity contribution is 14.0. The van der Waals surface area contributed by atoms with E-state index >= 15 is 0 Å². The zero-order valence-electron chi connectivity index (χ0n) is 20.2. The fourth-order valence-electron chi connectivity index (χ4n) is 4.00. The number of guanidine groups is 1. The average molecular weight is 571 g/mol. The Bertz CT molecular complexity index is 819. The molecule has 3 rings (SSSR count). The zero-order chi connectivity index (χ0) is 22.6. The van der Waals surface area contributed by atoms with Crippen molar-refractivity contribution in [2.45, 2.75) is 57.9 Å². The largest absolute Gasteiger partial charge is 0.497 e. The van der Waals surface area contributed by atoms with Crippen LogP contribution in [-0.2, 0) is 6.42 Å². The lowest BCUT2D eigenvalue weighted by Gasteiger charge is -2.32. The molecular weight excluding hydrogens is 531 g/mol. The predicted molar refractivity (Wildman–Crippen MR) is 144 cm³/mol. The molecule has 9 heteroatoms. The van der Waals surface area contributed by atoms with Crippen LogP contribution >= 0.6 is 24.0 Å². The molecule has 1 aliphatic heterocycles. The summed E-state index contributed by atoms with van der Waals surface area (Å²) in [7, 11) is 3.50. The number of unbranched alkanes of at least 4 members (excludes halogenated alkanes) is 2.